The van der Waals surface area contributed by atoms with Crippen molar-refractivity contribution >= 4 is 26.0 Å². The molecule has 2 aromatic rings. The summed E-state index contributed by atoms with van der Waals surface area (Å²) in [6.45, 7) is 1.84. The van der Waals surface area contributed by atoms with Crippen molar-refractivity contribution in [2.24, 2.45) is 5.92 Å². The van der Waals surface area contributed by atoms with E-state index in [-0.39, 0.29) is 17.2 Å². The van der Waals surface area contributed by atoms with Gasteiger partial charge < -0.3 is 0 Å². The van der Waals surface area contributed by atoms with Crippen LogP contribution in [0.2, 0.25) is 0 Å². The maximum atomic E-state index is 13.4. The Morgan fingerprint density at radius 2 is 1.72 bits per heavy atom. The average Bonchev–Trinajstić information content (AvgIpc) is 3.03. The van der Waals surface area contributed by atoms with E-state index in [4.69, 9.17) is 0 Å². The van der Waals surface area contributed by atoms with Gasteiger partial charge in [0.2, 0.25) is 10.0 Å². The molecule has 2 fully saturated rings. The molecule has 1 amide bonds. The summed E-state index contributed by atoms with van der Waals surface area (Å²) in [5, 5.41) is -0.582. The molecule has 32 heavy (non-hydrogen) atoms. The standard InChI is InChI=1S/C22H27N3O5S2/c1-16-11-13-18(14-12-16)32(29,30)25(21(26)15-17-7-3-2-4-8-17)23-22-19-9-5-6-10-20(19)31(27,28)24-22/h2-4,7-8,11-14,19-20,22-24H,5-6,9-10,15H2,1H3. The Bertz CT molecular complexity index is 1180. The van der Waals surface area contributed by atoms with Gasteiger partial charge in [0.25, 0.3) is 15.9 Å². The van der Waals surface area contributed by atoms with Gasteiger partial charge in [-0.05, 0) is 37.5 Å². The maximum Gasteiger partial charge on any atom is 0.280 e. The number of amides is 1. The second kappa shape index (κ2) is 8.93. The highest BCUT2D eigenvalue weighted by molar-refractivity contribution is 7.90. The van der Waals surface area contributed by atoms with Gasteiger partial charge in [-0.3, -0.25) is 4.79 Å². The van der Waals surface area contributed by atoms with Crippen LogP contribution in [0, 0.1) is 12.8 Å². The first-order valence-corrected chi connectivity index (χ1v) is 13.6. The Morgan fingerprint density at radius 1 is 1.06 bits per heavy atom. The van der Waals surface area contributed by atoms with E-state index in [9.17, 15) is 21.6 Å². The average molecular weight is 478 g/mol. The third-order valence-electron chi connectivity index (χ3n) is 6.11. The van der Waals surface area contributed by atoms with Gasteiger partial charge in [0, 0.05) is 5.92 Å². The first-order chi connectivity index (χ1) is 15.2. The zero-order valence-corrected chi connectivity index (χ0v) is 19.4. The minimum absolute atomic E-state index is 0.0435. The predicted octanol–water partition coefficient (Wildman–Crippen LogP) is 2.08. The number of hydrogen-bond donors (Lipinski definition) is 2. The lowest BCUT2D eigenvalue weighted by molar-refractivity contribution is -0.128. The van der Waals surface area contributed by atoms with Crippen molar-refractivity contribution in [3.8, 4) is 0 Å². The number of sulfonamides is 2. The maximum absolute atomic E-state index is 13.4. The van der Waals surface area contributed by atoms with E-state index in [1.807, 2.05) is 13.0 Å². The number of hydrazine groups is 1. The van der Waals surface area contributed by atoms with Gasteiger partial charge in [-0.1, -0.05) is 60.9 Å². The molecular weight excluding hydrogens is 450 g/mol. The fourth-order valence-corrected chi connectivity index (χ4v) is 7.69. The number of fused-ring (bicyclic) bond motifs is 1. The summed E-state index contributed by atoms with van der Waals surface area (Å²) < 4.78 is 55.3. The first-order valence-electron chi connectivity index (χ1n) is 10.6. The van der Waals surface area contributed by atoms with Crippen LogP contribution in [-0.2, 0) is 31.3 Å². The predicted molar refractivity (Wildman–Crippen MR) is 120 cm³/mol. The highest BCUT2D eigenvalue weighted by Crippen LogP contribution is 2.36. The van der Waals surface area contributed by atoms with Gasteiger partial charge in [0.1, 0.15) is 0 Å². The Labute approximate surface area is 189 Å². The summed E-state index contributed by atoms with van der Waals surface area (Å²) >= 11 is 0. The van der Waals surface area contributed by atoms with Gasteiger partial charge in [-0.25, -0.2) is 8.42 Å². The number of rotatable bonds is 6. The normalized spacial score (nSPS) is 24.6. The van der Waals surface area contributed by atoms with Crippen molar-refractivity contribution in [3.63, 3.8) is 0 Å². The molecule has 2 N–H and O–H groups in total. The van der Waals surface area contributed by atoms with Gasteiger partial charge in [-0.2, -0.15) is 23.0 Å². The minimum atomic E-state index is -4.26. The molecular formula is C22H27N3O5S2. The SMILES string of the molecule is Cc1ccc(S(=O)(=O)N(NC2NS(=O)(=O)C3CCCCC23)C(=O)Cc2ccccc2)cc1. The molecule has 2 aliphatic rings. The molecule has 3 unspecified atom stereocenters. The smallest absolute Gasteiger partial charge is 0.272 e. The molecule has 4 rings (SSSR count). The van der Waals surface area contributed by atoms with Crippen LogP contribution in [0.4, 0.5) is 0 Å². The van der Waals surface area contributed by atoms with Crippen LogP contribution in [0.15, 0.2) is 59.5 Å². The molecule has 172 valence electrons. The molecule has 0 radical (unpaired) electrons. The van der Waals surface area contributed by atoms with Gasteiger partial charge in [-0.15, -0.1) is 0 Å². The van der Waals surface area contributed by atoms with Crippen molar-refractivity contribution in [3.05, 3.63) is 65.7 Å². The number of nitrogens with zero attached hydrogens (tertiary/aromatic N) is 1. The molecule has 0 spiro atoms. The number of benzene rings is 2. The second-order valence-corrected chi connectivity index (χ2v) is 12.1. The van der Waals surface area contributed by atoms with Gasteiger partial charge in [0.05, 0.1) is 22.7 Å². The van der Waals surface area contributed by atoms with Crippen molar-refractivity contribution in [1.29, 1.82) is 0 Å². The molecule has 3 atom stereocenters. The number of carbonyl (C=O) groups excluding carboxylic acids is 1. The third-order valence-corrected chi connectivity index (χ3v) is 9.73. The summed E-state index contributed by atoms with van der Waals surface area (Å²) in [5.41, 5.74) is 4.29. The van der Waals surface area contributed by atoms with Crippen molar-refractivity contribution in [2.75, 3.05) is 0 Å². The summed E-state index contributed by atoms with van der Waals surface area (Å²) in [5.74, 6) is -0.996. The third kappa shape index (κ3) is 4.59. The van der Waals surface area contributed by atoms with E-state index >= 15 is 0 Å². The molecule has 1 saturated heterocycles. The Balaban J connectivity index is 1.67. The highest BCUT2D eigenvalue weighted by atomic mass is 32.2. The second-order valence-electron chi connectivity index (χ2n) is 8.40. The van der Waals surface area contributed by atoms with E-state index in [0.29, 0.717) is 22.8 Å². The van der Waals surface area contributed by atoms with E-state index in [1.165, 1.54) is 12.1 Å². The molecule has 1 heterocycles. The van der Waals surface area contributed by atoms with Crippen LogP contribution in [0.1, 0.15) is 36.8 Å². The molecule has 1 aliphatic carbocycles. The van der Waals surface area contributed by atoms with E-state index in [0.717, 1.165) is 18.4 Å². The van der Waals surface area contributed by atoms with Crippen LogP contribution < -0.4 is 10.1 Å². The van der Waals surface area contributed by atoms with Crippen LogP contribution in [-0.4, -0.2) is 38.6 Å². The van der Waals surface area contributed by atoms with Crippen LogP contribution in [0.25, 0.3) is 0 Å². The summed E-state index contributed by atoms with van der Waals surface area (Å²) in [7, 11) is -7.85. The molecule has 2 aromatic carbocycles. The molecule has 8 nitrogen and oxygen atoms in total. The Morgan fingerprint density at radius 3 is 2.41 bits per heavy atom. The molecule has 1 aliphatic heterocycles. The lowest BCUT2D eigenvalue weighted by atomic mass is 9.87. The van der Waals surface area contributed by atoms with Crippen molar-refractivity contribution in [2.45, 2.75) is 55.3 Å². The van der Waals surface area contributed by atoms with Gasteiger partial charge >= 0.3 is 0 Å². The quantitative estimate of drug-likeness (QED) is 0.616. The number of carbonyl (C=O) groups is 1. The monoisotopic (exact) mass is 477 g/mol. The number of hydrogen-bond acceptors (Lipinski definition) is 6. The number of nitrogens with one attached hydrogen (secondary N) is 2. The van der Waals surface area contributed by atoms with Crippen LogP contribution in [0.5, 0.6) is 0 Å². The fourth-order valence-electron chi connectivity index (χ4n) is 4.43. The largest absolute Gasteiger partial charge is 0.280 e. The topological polar surface area (TPSA) is 113 Å². The molecule has 0 bridgehead atoms. The molecule has 10 heteroatoms. The van der Waals surface area contributed by atoms with E-state index < -0.39 is 37.4 Å². The van der Waals surface area contributed by atoms with Crippen molar-refractivity contribution in [1.82, 2.24) is 14.6 Å². The highest BCUT2D eigenvalue weighted by Gasteiger charge is 2.49. The van der Waals surface area contributed by atoms with E-state index in [2.05, 4.69) is 10.1 Å². The molecule has 1 saturated carbocycles. The lowest BCUT2D eigenvalue weighted by Gasteiger charge is -2.31. The summed E-state index contributed by atoms with van der Waals surface area (Å²) in [4.78, 5) is 13.2. The Kier molecular flexibility index (Phi) is 6.39. The number of aryl methyl sites for hydroxylation is 1. The zero-order valence-electron chi connectivity index (χ0n) is 17.8. The minimum Gasteiger partial charge on any atom is -0.272 e. The zero-order chi connectivity index (χ0) is 22.9. The van der Waals surface area contributed by atoms with Gasteiger partial charge in [0.15, 0.2) is 0 Å². The summed E-state index contributed by atoms with van der Waals surface area (Å²) in [6, 6.07) is 15.0. The lowest BCUT2D eigenvalue weighted by Crippen LogP contribution is -2.57. The summed E-state index contributed by atoms with van der Waals surface area (Å²) in [6.07, 6.45) is 1.82. The Hall–Kier alpha value is -2.27. The van der Waals surface area contributed by atoms with Crippen LogP contribution >= 0.6 is 0 Å². The first kappa shape index (κ1) is 22.9. The van der Waals surface area contributed by atoms with Crippen LogP contribution in [0.3, 0.4) is 0 Å². The van der Waals surface area contributed by atoms with E-state index in [1.54, 1.807) is 36.4 Å². The molecule has 0 aromatic heterocycles. The van der Waals surface area contributed by atoms with Crippen molar-refractivity contribution < 1.29 is 21.6 Å². The fraction of sp³-hybridized carbons (Fsp3) is 0.409.